The van der Waals surface area contributed by atoms with E-state index in [0.29, 0.717) is 12.6 Å². The van der Waals surface area contributed by atoms with Crippen LogP contribution in [0.1, 0.15) is 26.7 Å². The van der Waals surface area contributed by atoms with E-state index in [0.717, 1.165) is 38.3 Å². The summed E-state index contributed by atoms with van der Waals surface area (Å²) in [5.41, 5.74) is -0.210. The van der Waals surface area contributed by atoms with Gasteiger partial charge in [0.05, 0.1) is 12.0 Å². The second-order valence-electron chi connectivity index (χ2n) is 5.40. The summed E-state index contributed by atoms with van der Waals surface area (Å²) in [6.07, 6.45) is 3.28. The van der Waals surface area contributed by atoms with Crippen LogP contribution in [0.5, 0.6) is 0 Å². The fraction of sp³-hybridized carbons (Fsp3) is 0.917. The van der Waals surface area contributed by atoms with E-state index in [1.807, 2.05) is 0 Å². The standard InChI is InChI=1S/C12H21NO2/c1-10-5-11(2)13(6-10)7-12(8-14)3-4-15-9-12/h8,10-11H,3-7,9H2,1-2H3. The Kier molecular flexibility index (Phi) is 3.12. The Morgan fingerprint density at radius 3 is 2.80 bits per heavy atom. The molecule has 2 rings (SSSR count). The number of hydrogen-bond donors (Lipinski definition) is 0. The van der Waals surface area contributed by atoms with E-state index in [9.17, 15) is 4.79 Å². The third-order valence-corrected chi connectivity index (χ3v) is 3.81. The molecule has 0 amide bonds. The molecule has 2 fully saturated rings. The molecule has 0 aliphatic carbocycles. The van der Waals surface area contributed by atoms with Crippen LogP contribution in [0.25, 0.3) is 0 Å². The molecule has 2 saturated heterocycles. The van der Waals surface area contributed by atoms with Crippen LogP contribution in [-0.2, 0) is 9.53 Å². The highest BCUT2D eigenvalue weighted by atomic mass is 16.5. The smallest absolute Gasteiger partial charge is 0.129 e. The second-order valence-corrected chi connectivity index (χ2v) is 5.40. The van der Waals surface area contributed by atoms with E-state index < -0.39 is 0 Å². The van der Waals surface area contributed by atoms with Gasteiger partial charge in [0.1, 0.15) is 6.29 Å². The first-order valence-corrected chi connectivity index (χ1v) is 5.93. The lowest BCUT2D eigenvalue weighted by atomic mass is 9.88. The lowest BCUT2D eigenvalue weighted by Gasteiger charge is -2.29. The molecule has 0 saturated carbocycles. The highest BCUT2D eigenvalue weighted by molar-refractivity contribution is 5.60. The SMILES string of the molecule is CC1CC(C)N(CC2(C=O)CCOC2)C1. The van der Waals surface area contributed by atoms with Crippen LogP contribution < -0.4 is 0 Å². The van der Waals surface area contributed by atoms with Gasteiger partial charge in [-0.15, -0.1) is 0 Å². The van der Waals surface area contributed by atoms with Crippen molar-refractivity contribution in [3.05, 3.63) is 0 Å². The number of hydrogen-bond acceptors (Lipinski definition) is 3. The highest BCUT2D eigenvalue weighted by Crippen LogP contribution is 2.31. The molecule has 2 aliphatic rings. The zero-order valence-electron chi connectivity index (χ0n) is 9.74. The predicted molar refractivity (Wildman–Crippen MR) is 58.7 cm³/mol. The molecule has 0 aromatic heterocycles. The van der Waals surface area contributed by atoms with Crippen molar-refractivity contribution >= 4 is 6.29 Å². The van der Waals surface area contributed by atoms with Crippen molar-refractivity contribution in [3.63, 3.8) is 0 Å². The summed E-state index contributed by atoms with van der Waals surface area (Å²) in [5.74, 6) is 0.769. The minimum absolute atomic E-state index is 0.210. The van der Waals surface area contributed by atoms with Crippen LogP contribution >= 0.6 is 0 Å². The Balaban J connectivity index is 1.97. The van der Waals surface area contributed by atoms with Crippen LogP contribution in [0.3, 0.4) is 0 Å². The molecule has 0 aromatic carbocycles. The van der Waals surface area contributed by atoms with Crippen molar-refractivity contribution in [1.82, 2.24) is 4.90 Å². The van der Waals surface area contributed by atoms with Crippen molar-refractivity contribution in [1.29, 1.82) is 0 Å². The number of carbonyl (C=O) groups excluding carboxylic acids is 1. The Labute approximate surface area is 91.8 Å². The number of rotatable bonds is 3. The normalized spacial score (nSPS) is 42.3. The maximum Gasteiger partial charge on any atom is 0.129 e. The number of nitrogens with zero attached hydrogens (tertiary/aromatic N) is 1. The lowest BCUT2D eigenvalue weighted by molar-refractivity contribution is -0.117. The van der Waals surface area contributed by atoms with Crippen LogP contribution in [0.2, 0.25) is 0 Å². The summed E-state index contributed by atoms with van der Waals surface area (Å²) in [7, 11) is 0. The molecule has 2 heterocycles. The first-order valence-electron chi connectivity index (χ1n) is 5.93. The molecule has 3 unspecified atom stereocenters. The van der Waals surface area contributed by atoms with Gasteiger partial charge < -0.3 is 9.53 Å². The molecule has 2 aliphatic heterocycles. The quantitative estimate of drug-likeness (QED) is 0.659. The van der Waals surface area contributed by atoms with E-state index in [-0.39, 0.29) is 5.41 Å². The van der Waals surface area contributed by atoms with Gasteiger partial charge in [0, 0.05) is 25.7 Å². The largest absolute Gasteiger partial charge is 0.380 e. The minimum atomic E-state index is -0.210. The van der Waals surface area contributed by atoms with Gasteiger partial charge in [0.25, 0.3) is 0 Å². The number of likely N-dealkylation sites (tertiary alicyclic amines) is 1. The van der Waals surface area contributed by atoms with Crippen molar-refractivity contribution in [2.75, 3.05) is 26.3 Å². The van der Waals surface area contributed by atoms with E-state index >= 15 is 0 Å². The third kappa shape index (κ3) is 2.23. The van der Waals surface area contributed by atoms with Gasteiger partial charge in [0.2, 0.25) is 0 Å². The number of ether oxygens (including phenoxy) is 1. The predicted octanol–water partition coefficient (Wildman–Crippen LogP) is 1.32. The summed E-state index contributed by atoms with van der Waals surface area (Å²) in [4.78, 5) is 13.7. The molecule has 3 heteroatoms. The van der Waals surface area contributed by atoms with Crippen molar-refractivity contribution in [2.45, 2.75) is 32.7 Å². The van der Waals surface area contributed by atoms with E-state index in [4.69, 9.17) is 4.74 Å². The molecule has 86 valence electrons. The summed E-state index contributed by atoms with van der Waals surface area (Å²) < 4.78 is 5.37. The first kappa shape index (κ1) is 11.1. The number of carbonyl (C=O) groups is 1. The third-order valence-electron chi connectivity index (χ3n) is 3.81. The average Bonchev–Trinajstić information content (AvgIpc) is 2.76. The van der Waals surface area contributed by atoms with Crippen LogP contribution in [0, 0.1) is 11.3 Å². The van der Waals surface area contributed by atoms with Gasteiger partial charge in [0.15, 0.2) is 0 Å². The molecular weight excluding hydrogens is 190 g/mol. The van der Waals surface area contributed by atoms with E-state index in [2.05, 4.69) is 18.7 Å². The summed E-state index contributed by atoms with van der Waals surface area (Å²) in [5, 5.41) is 0. The monoisotopic (exact) mass is 211 g/mol. The minimum Gasteiger partial charge on any atom is -0.380 e. The van der Waals surface area contributed by atoms with Crippen molar-refractivity contribution < 1.29 is 9.53 Å². The Morgan fingerprint density at radius 1 is 1.53 bits per heavy atom. The van der Waals surface area contributed by atoms with E-state index in [1.54, 1.807) is 0 Å². The van der Waals surface area contributed by atoms with Crippen molar-refractivity contribution in [2.24, 2.45) is 11.3 Å². The Bertz CT molecular complexity index is 236. The average molecular weight is 211 g/mol. The Morgan fingerprint density at radius 2 is 2.33 bits per heavy atom. The van der Waals surface area contributed by atoms with Gasteiger partial charge >= 0.3 is 0 Å². The van der Waals surface area contributed by atoms with Gasteiger partial charge in [-0.25, -0.2) is 0 Å². The first-order chi connectivity index (χ1) is 7.15. The zero-order chi connectivity index (χ0) is 10.9. The van der Waals surface area contributed by atoms with Crippen LogP contribution in [-0.4, -0.2) is 43.5 Å². The molecule has 0 aromatic rings. The zero-order valence-corrected chi connectivity index (χ0v) is 9.74. The van der Waals surface area contributed by atoms with Gasteiger partial charge in [-0.05, 0) is 25.7 Å². The fourth-order valence-corrected chi connectivity index (χ4v) is 2.89. The number of aldehydes is 1. The van der Waals surface area contributed by atoms with E-state index in [1.165, 1.54) is 6.42 Å². The second kappa shape index (κ2) is 4.22. The topological polar surface area (TPSA) is 29.5 Å². The van der Waals surface area contributed by atoms with Crippen molar-refractivity contribution in [3.8, 4) is 0 Å². The lowest BCUT2D eigenvalue weighted by Crippen LogP contribution is -2.41. The van der Waals surface area contributed by atoms with Crippen LogP contribution in [0.4, 0.5) is 0 Å². The maximum absolute atomic E-state index is 11.2. The van der Waals surface area contributed by atoms with Crippen LogP contribution in [0.15, 0.2) is 0 Å². The molecule has 0 bridgehead atoms. The van der Waals surface area contributed by atoms with Gasteiger partial charge in [-0.1, -0.05) is 6.92 Å². The summed E-state index contributed by atoms with van der Waals surface area (Å²) >= 11 is 0. The van der Waals surface area contributed by atoms with Gasteiger partial charge in [-0.3, -0.25) is 4.90 Å². The summed E-state index contributed by atoms with van der Waals surface area (Å²) in [6.45, 7) is 7.94. The summed E-state index contributed by atoms with van der Waals surface area (Å²) in [6, 6.07) is 0.623. The maximum atomic E-state index is 11.2. The molecule has 0 radical (unpaired) electrons. The highest BCUT2D eigenvalue weighted by Gasteiger charge is 2.39. The van der Waals surface area contributed by atoms with Gasteiger partial charge in [-0.2, -0.15) is 0 Å². The molecule has 0 spiro atoms. The molecule has 0 N–H and O–H groups in total. The molecule has 3 nitrogen and oxygen atoms in total. The Hall–Kier alpha value is -0.410. The molecule has 3 atom stereocenters. The molecule has 15 heavy (non-hydrogen) atoms. The molecular formula is C12H21NO2. The fourth-order valence-electron chi connectivity index (χ4n) is 2.89.